The topological polar surface area (TPSA) is 58.6 Å². The largest absolute Gasteiger partial charge is 0.388 e. The Kier molecular flexibility index (Phi) is 6.52. The Labute approximate surface area is 104 Å². The highest BCUT2D eigenvalue weighted by atomic mass is 16.5. The second-order valence-electron chi connectivity index (χ2n) is 4.86. The third-order valence-electron chi connectivity index (χ3n) is 3.30. The standard InChI is InChI=1S/C13H25NO3/c1-2-17-10-6-7-12(15)14-11-13(16)8-4-3-5-9-13/h16H,2-11H2,1H3,(H,14,15). The molecule has 0 spiro atoms. The van der Waals surface area contributed by atoms with E-state index in [2.05, 4.69) is 5.32 Å². The van der Waals surface area contributed by atoms with E-state index in [-0.39, 0.29) is 5.91 Å². The number of hydrogen-bond acceptors (Lipinski definition) is 3. The zero-order valence-corrected chi connectivity index (χ0v) is 10.8. The summed E-state index contributed by atoms with van der Waals surface area (Å²) in [5.74, 6) is 0.0173. The van der Waals surface area contributed by atoms with Crippen LogP contribution in [0.1, 0.15) is 51.9 Å². The van der Waals surface area contributed by atoms with Crippen LogP contribution in [-0.2, 0) is 9.53 Å². The van der Waals surface area contributed by atoms with Crippen molar-refractivity contribution < 1.29 is 14.6 Å². The van der Waals surface area contributed by atoms with Gasteiger partial charge in [0.25, 0.3) is 0 Å². The number of rotatable bonds is 7. The van der Waals surface area contributed by atoms with Gasteiger partial charge in [-0.1, -0.05) is 19.3 Å². The fourth-order valence-electron chi connectivity index (χ4n) is 2.22. The lowest BCUT2D eigenvalue weighted by Crippen LogP contribution is -2.44. The van der Waals surface area contributed by atoms with Crippen LogP contribution in [-0.4, -0.2) is 36.4 Å². The van der Waals surface area contributed by atoms with Crippen molar-refractivity contribution in [3.63, 3.8) is 0 Å². The summed E-state index contributed by atoms with van der Waals surface area (Å²) in [6.45, 7) is 3.68. The average Bonchev–Trinajstić information content (AvgIpc) is 2.33. The van der Waals surface area contributed by atoms with E-state index in [1.54, 1.807) is 0 Å². The van der Waals surface area contributed by atoms with Gasteiger partial charge in [0.05, 0.1) is 5.60 Å². The first-order valence-electron chi connectivity index (χ1n) is 6.73. The molecule has 0 unspecified atom stereocenters. The van der Waals surface area contributed by atoms with Crippen LogP contribution in [0, 0.1) is 0 Å². The van der Waals surface area contributed by atoms with Gasteiger partial charge in [-0.25, -0.2) is 0 Å². The zero-order chi connectivity index (χ0) is 12.6. The van der Waals surface area contributed by atoms with Crippen molar-refractivity contribution in [3.05, 3.63) is 0 Å². The number of ether oxygens (including phenoxy) is 1. The highest BCUT2D eigenvalue weighted by Gasteiger charge is 2.29. The molecule has 0 heterocycles. The smallest absolute Gasteiger partial charge is 0.220 e. The number of nitrogens with one attached hydrogen (secondary N) is 1. The van der Waals surface area contributed by atoms with Crippen molar-refractivity contribution >= 4 is 5.91 Å². The number of amides is 1. The van der Waals surface area contributed by atoms with E-state index >= 15 is 0 Å². The molecule has 1 aliphatic rings. The summed E-state index contributed by atoms with van der Waals surface area (Å²) in [5, 5.41) is 13.0. The van der Waals surface area contributed by atoms with Crippen LogP contribution in [0.3, 0.4) is 0 Å². The Bertz CT molecular complexity index is 225. The molecule has 1 rings (SSSR count). The monoisotopic (exact) mass is 243 g/mol. The van der Waals surface area contributed by atoms with Crippen LogP contribution in [0.5, 0.6) is 0 Å². The molecule has 17 heavy (non-hydrogen) atoms. The highest BCUT2D eigenvalue weighted by Crippen LogP contribution is 2.27. The molecule has 0 aromatic rings. The highest BCUT2D eigenvalue weighted by molar-refractivity contribution is 5.75. The van der Waals surface area contributed by atoms with E-state index in [0.717, 1.165) is 32.1 Å². The minimum absolute atomic E-state index is 0.0173. The van der Waals surface area contributed by atoms with E-state index < -0.39 is 5.60 Å². The number of carbonyl (C=O) groups is 1. The Morgan fingerprint density at radius 3 is 2.71 bits per heavy atom. The maximum absolute atomic E-state index is 11.5. The maximum Gasteiger partial charge on any atom is 0.220 e. The lowest BCUT2D eigenvalue weighted by atomic mass is 9.85. The Balaban J connectivity index is 2.10. The third kappa shape index (κ3) is 6.03. The summed E-state index contributed by atoms with van der Waals surface area (Å²) in [7, 11) is 0. The number of carbonyl (C=O) groups excluding carboxylic acids is 1. The van der Waals surface area contributed by atoms with Crippen molar-refractivity contribution in [1.82, 2.24) is 5.32 Å². The fourth-order valence-corrected chi connectivity index (χ4v) is 2.22. The van der Waals surface area contributed by atoms with E-state index in [4.69, 9.17) is 4.74 Å². The molecular formula is C13H25NO3. The molecule has 1 aliphatic carbocycles. The van der Waals surface area contributed by atoms with Crippen molar-refractivity contribution in [1.29, 1.82) is 0 Å². The van der Waals surface area contributed by atoms with Gasteiger partial charge in [-0.05, 0) is 26.2 Å². The van der Waals surface area contributed by atoms with Crippen LogP contribution < -0.4 is 5.32 Å². The summed E-state index contributed by atoms with van der Waals surface area (Å²) in [6, 6.07) is 0. The van der Waals surface area contributed by atoms with Crippen molar-refractivity contribution in [3.8, 4) is 0 Å². The first-order chi connectivity index (χ1) is 8.16. The molecule has 1 saturated carbocycles. The minimum atomic E-state index is -0.659. The maximum atomic E-state index is 11.5. The van der Waals surface area contributed by atoms with Gasteiger partial charge in [0.15, 0.2) is 0 Å². The number of hydrogen-bond donors (Lipinski definition) is 2. The molecule has 100 valence electrons. The molecule has 0 atom stereocenters. The quantitative estimate of drug-likeness (QED) is 0.668. The molecule has 1 amide bonds. The first kappa shape index (κ1) is 14.5. The predicted molar refractivity (Wildman–Crippen MR) is 66.8 cm³/mol. The molecule has 0 aromatic carbocycles. The molecule has 4 heteroatoms. The summed E-state index contributed by atoms with van der Waals surface area (Å²) >= 11 is 0. The SMILES string of the molecule is CCOCCCC(=O)NCC1(O)CCCCC1. The van der Waals surface area contributed by atoms with Gasteiger partial charge in [0, 0.05) is 26.2 Å². The van der Waals surface area contributed by atoms with Crippen molar-refractivity contribution in [2.75, 3.05) is 19.8 Å². The van der Waals surface area contributed by atoms with Crippen LogP contribution >= 0.6 is 0 Å². The van der Waals surface area contributed by atoms with E-state index in [1.807, 2.05) is 6.92 Å². The third-order valence-corrected chi connectivity index (χ3v) is 3.30. The summed E-state index contributed by atoms with van der Waals surface area (Å²) in [5.41, 5.74) is -0.659. The van der Waals surface area contributed by atoms with E-state index in [0.29, 0.717) is 26.2 Å². The van der Waals surface area contributed by atoms with Crippen molar-refractivity contribution in [2.45, 2.75) is 57.5 Å². The lowest BCUT2D eigenvalue weighted by Gasteiger charge is -2.32. The Hall–Kier alpha value is -0.610. The summed E-state index contributed by atoms with van der Waals surface area (Å²) in [6.07, 6.45) is 6.19. The lowest BCUT2D eigenvalue weighted by molar-refractivity contribution is -0.123. The molecule has 1 fully saturated rings. The summed E-state index contributed by atoms with van der Waals surface area (Å²) in [4.78, 5) is 11.5. The number of aliphatic hydroxyl groups is 1. The van der Waals surface area contributed by atoms with Gasteiger partial charge >= 0.3 is 0 Å². The van der Waals surface area contributed by atoms with Gasteiger partial charge < -0.3 is 15.2 Å². The van der Waals surface area contributed by atoms with Gasteiger partial charge in [-0.2, -0.15) is 0 Å². The molecule has 2 N–H and O–H groups in total. The van der Waals surface area contributed by atoms with Crippen LogP contribution in [0.15, 0.2) is 0 Å². The van der Waals surface area contributed by atoms with Gasteiger partial charge in [-0.15, -0.1) is 0 Å². The second kappa shape index (κ2) is 7.67. The predicted octanol–water partition coefficient (Wildman–Crippen LogP) is 1.61. The molecule has 0 saturated heterocycles. The molecule has 4 nitrogen and oxygen atoms in total. The Morgan fingerprint density at radius 1 is 1.35 bits per heavy atom. The zero-order valence-electron chi connectivity index (χ0n) is 10.8. The molecule has 0 radical (unpaired) electrons. The van der Waals surface area contributed by atoms with E-state index in [1.165, 1.54) is 6.42 Å². The fraction of sp³-hybridized carbons (Fsp3) is 0.923. The average molecular weight is 243 g/mol. The molecule has 0 aliphatic heterocycles. The molecule has 0 aromatic heterocycles. The van der Waals surface area contributed by atoms with Crippen LogP contribution in [0.2, 0.25) is 0 Å². The van der Waals surface area contributed by atoms with Crippen LogP contribution in [0.4, 0.5) is 0 Å². The normalized spacial score (nSPS) is 18.9. The minimum Gasteiger partial charge on any atom is -0.388 e. The first-order valence-corrected chi connectivity index (χ1v) is 6.73. The molecular weight excluding hydrogens is 218 g/mol. The van der Waals surface area contributed by atoms with Gasteiger partial charge in [0.2, 0.25) is 5.91 Å². The second-order valence-corrected chi connectivity index (χ2v) is 4.86. The Morgan fingerprint density at radius 2 is 2.06 bits per heavy atom. The van der Waals surface area contributed by atoms with Gasteiger partial charge in [0.1, 0.15) is 0 Å². The van der Waals surface area contributed by atoms with Gasteiger partial charge in [-0.3, -0.25) is 4.79 Å². The molecule has 0 bridgehead atoms. The van der Waals surface area contributed by atoms with E-state index in [9.17, 15) is 9.90 Å². The van der Waals surface area contributed by atoms with Crippen LogP contribution in [0.25, 0.3) is 0 Å². The van der Waals surface area contributed by atoms with Crippen molar-refractivity contribution in [2.24, 2.45) is 0 Å². The summed E-state index contributed by atoms with van der Waals surface area (Å²) < 4.78 is 5.17.